The van der Waals surface area contributed by atoms with Crippen LogP contribution < -0.4 is 9.03 Å². The van der Waals surface area contributed by atoms with Gasteiger partial charge in [-0.15, -0.1) is 0 Å². The molecule has 1 unspecified atom stereocenters. The molecule has 0 saturated carbocycles. The SMILES string of the molecule is C[Si](C)(C)CCCCC1CCc2cc(O)c(N3CC(=O)NS3(=O)=O)c(F)c2C1. The van der Waals surface area contributed by atoms with Gasteiger partial charge in [-0.25, -0.2) is 13.4 Å². The van der Waals surface area contributed by atoms with Crippen LogP contribution in [-0.4, -0.2) is 34.1 Å². The van der Waals surface area contributed by atoms with Crippen molar-refractivity contribution >= 4 is 29.9 Å². The molecular formula is C19H29FN2O4SSi. The molecule has 156 valence electrons. The van der Waals surface area contributed by atoms with E-state index in [4.69, 9.17) is 0 Å². The quantitative estimate of drug-likeness (QED) is 0.537. The van der Waals surface area contributed by atoms with Crippen LogP contribution in [0, 0.1) is 11.7 Å². The van der Waals surface area contributed by atoms with E-state index < -0.39 is 48.0 Å². The highest BCUT2D eigenvalue weighted by Gasteiger charge is 2.39. The topological polar surface area (TPSA) is 86.7 Å². The Morgan fingerprint density at radius 1 is 1.32 bits per heavy atom. The van der Waals surface area contributed by atoms with Crippen LogP contribution in [0.2, 0.25) is 25.7 Å². The van der Waals surface area contributed by atoms with Crippen molar-refractivity contribution in [1.29, 1.82) is 0 Å². The van der Waals surface area contributed by atoms with Crippen LogP contribution in [0.15, 0.2) is 6.07 Å². The first-order chi connectivity index (χ1) is 13.0. The van der Waals surface area contributed by atoms with Gasteiger partial charge in [-0.1, -0.05) is 44.9 Å². The Hall–Kier alpha value is -1.61. The number of hydrogen-bond donors (Lipinski definition) is 2. The minimum Gasteiger partial charge on any atom is -0.506 e. The Kier molecular flexibility index (Phi) is 5.78. The fourth-order valence-corrected chi connectivity index (χ4v) is 6.60. The molecule has 0 spiro atoms. The van der Waals surface area contributed by atoms with E-state index in [0.717, 1.165) is 24.8 Å². The number of nitrogens with zero attached hydrogens (tertiary/aromatic N) is 1. The highest BCUT2D eigenvalue weighted by molar-refractivity contribution is 7.92. The number of nitrogens with one attached hydrogen (secondary N) is 1. The number of anilines is 1. The number of rotatable bonds is 6. The highest BCUT2D eigenvalue weighted by atomic mass is 32.2. The monoisotopic (exact) mass is 428 g/mol. The molecule has 1 aromatic carbocycles. The van der Waals surface area contributed by atoms with Crippen molar-refractivity contribution in [3.05, 3.63) is 23.0 Å². The van der Waals surface area contributed by atoms with E-state index >= 15 is 4.39 Å². The van der Waals surface area contributed by atoms with Gasteiger partial charge in [0, 0.05) is 8.07 Å². The van der Waals surface area contributed by atoms with Gasteiger partial charge in [0.25, 0.3) is 5.91 Å². The molecule has 0 radical (unpaired) electrons. The van der Waals surface area contributed by atoms with Gasteiger partial charge in [-0.05, 0) is 42.4 Å². The van der Waals surface area contributed by atoms with Crippen LogP contribution in [0.1, 0.15) is 36.8 Å². The maximum absolute atomic E-state index is 15.3. The predicted molar refractivity (Wildman–Crippen MR) is 110 cm³/mol. The maximum Gasteiger partial charge on any atom is 0.326 e. The van der Waals surface area contributed by atoms with Crippen LogP contribution >= 0.6 is 0 Å². The summed E-state index contributed by atoms with van der Waals surface area (Å²) in [6.07, 6.45) is 5.50. The summed E-state index contributed by atoms with van der Waals surface area (Å²) in [4.78, 5) is 11.5. The Morgan fingerprint density at radius 2 is 2.04 bits per heavy atom. The van der Waals surface area contributed by atoms with Gasteiger partial charge < -0.3 is 5.11 Å². The number of phenolic OH excluding ortho intramolecular Hbond substituents is 1. The number of aryl methyl sites for hydroxylation is 1. The summed E-state index contributed by atoms with van der Waals surface area (Å²) in [6.45, 7) is 6.56. The van der Waals surface area contributed by atoms with Gasteiger partial charge in [0.2, 0.25) is 0 Å². The van der Waals surface area contributed by atoms with Crippen molar-refractivity contribution in [1.82, 2.24) is 4.72 Å². The Bertz CT molecular complexity index is 883. The molecule has 28 heavy (non-hydrogen) atoms. The van der Waals surface area contributed by atoms with Gasteiger partial charge in [-0.3, -0.25) is 4.79 Å². The number of fused-ring (bicyclic) bond motifs is 1. The summed E-state index contributed by atoms with van der Waals surface area (Å²) < 4.78 is 41.9. The highest BCUT2D eigenvalue weighted by Crippen LogP contribution is 2.41. The Labute approximate surface area is 167 Å². The molecule has 0 aromatic heterocycles. The van der Waals surface area contributed by atoms with E-state index in [2.05, 4.69) is 19.6 Å². The zero-order valence-electron chi connectivity index (χ0n) is 16.7. The number of carbonyl (C=O) groups is 1. The second-order valence-electron chi connectivity index (χ2n) is 9.15. The van der Waals surface area contributed by atoms with Crippen molar-refractivity contribution in [3.63, 3.8) is 0 Å². The second kappa shape index (κ2) is 7.66. The van der Waals surface area contributed by atoms with Crippen molar-refractivity contribution in [3.8, 4) is 5.75 Å². The first-order valence-electron chi connectivity index (χ1n) is 9.84. The summed E-state index contributed by atoms with van der Waals surface area (Å²) in [7, 11) is -5.21. The summed E-state index contributed by atoms with van der Waals surface area (Å²) in [6, 6.07) is 2.74. The number of benzene rings is 1. The number of unbranched alkanes of at least 4 members (excludes halogenated alkanes) is 1. The van der Waals surface area contributed by atoms with Crippen LogP contribution in [-0.2, 0) is 27.8 Å². The second-order valence-corrected chi connectivity index (χ2v) is 16.4. The van der Waals surface area contributed by atoms with E-state index in [-0.39, 0.29) is 0 Å². The lowest BCUT2D eigenvalue weighted by molar-refractivity contribution is -0.117. The van der Waals surface area contributed by atoms with Crippen LogP contribution in [0.3, 0.4) is 0 Å². The van der Waals surface area contributed by atoms with E-state index in [0.29, 0.717) is 28.6 Å². The van der Waals surface area contributed by atoms with Gasteiger partial charge in [0.15, 0.2) is 5.82 Å². The van der Waals surface area contributed by atoms with Gasteiger partial charge in [0.05, 0.1) is 0 Å². The molecule has 1 aromatic rings. The molecule has 1 atom stereocenters. The van der Waals surface area contributed by atoms with Gasteiger partial charge in [-0.2, -0.15) is 8.42 Å². The fraction of sp³-hybridized carbons (Fsp3) is 0.632. The van der Waals surface area contributed by atoms with E-state index in [1.54, 1.807) is 0 Å². The average Bonchev–Trinajstić information content (AvgIpc) is 2.83. The lowest BCUT2D eigenvalue weighted by Crippen LogP contribution is -2.31. The average molecular weight is 429 g/mol. The molecule has 1 aliphatic heterocycles. The molecule has 9 heteroatoms. The predicted octanol–water partition coefficient (Wildman–Crippen LogP) is 3.33. The zero-order valence-corrected chi connectivity index (χ0v) is 18.5. The fourth-order valence-electron chi connectivity index (χ4n) is 4.13. The molecule has 3 rings (SSSR count). The third-order valence-corrected chi connectivity index (χ3v) is 8.82. The Morgan fingerprint density at radius 3 is 2.64 bits per heavy atom. The lowest BCUT2D eigenvalue weighted by Gasteiger charge is -2.28. The van der Waals surface area contributed by atoms with Crippen molar-refractivity contribution in [2.75, 3.05) is 10.8 Å². The molecule has 6 nitrogen and oxygen atoms in total. The minimum atomic E-state index is -4.17. The molecule has 1 fully saturated rings. The van der Waals surface area contributed by atoms with Crippen LogP contribution in [0.4, 0.5) is 10.1 Å². The molecule has 1 amide bonds. The summed E-state index contributed by atoms with van der Waals surface area (Å²) >= 11 is 0. The van der Waals surface area contributed by atoms with Crippen molar-refractivity contribution in [2.24, 2.45) is 5.92 Å². The number of hydrogen-bond acceptors (Lipinski definition) is 4. The molecule has 1 saturated heterocycles. The lowest BCUT2D eigenvalue weighted by atomic mass is 9.81. The molecular weight excluding hydrogens is 399 g/mol. The molecule has 2 N–H and O–H groups in total. The first kappa shape index (κ1) is 21.1. The van der Waals surface area contributed by atoms with Crippen LogP contribution in [0.5, 0.6) is 5.75 Å². The van der Waals surface area contributed by atoms with Crippen molar-refractivity contribution < 1.29 is 22.7 Å². The standard InChI is InChI=1S/C19H29FN2O4SSi/c1-28(2,3)9-5-4-6-13-7-8-14-11-16(23)19(18(20)15(14)10-13)22-12-17(24)21-27(22,25)26/h11,13,23H,4-10,12H2,1-3H3,(H,21,24). The number of carbonyl (C=O) groups excluding carboxylic acids is 1. The normalized spacial score (nSPS) is 21.5. The van der Waals surface area contributed by atoms with E-state index in [1.807, 2.05) is 4.72 Å². The number of halogens is 1. The van der Waals surface area contributed by atoms with Gasteiger partial charge >= 0.3 is 10.2 Å². The molecule has 1 heterocycles. The molecule has 1 aliphatic carbocycles. The number of amides is 1. The first-order valence-corrected chi connectivity index (χ1v) is 15.0. The Balaban J connectivity index is 1.78. The van der Waals surface area contributed by atoms with Gasteiger partial charge in [0.1, 0.15) is 18.0 Å². The largest absolute Gasteiger partial charge is 0.506 e. The van der Waals surface area contributed by atoms with E-state index in [9.17, 15) is 18.3 Å². The molecule has 0 bridgehead atoms. The third-order valence-electron chi connectivity index (χ3n) is 5.59. The summed E-state index contributed by atoms with van der Waals surface area (Å²) in [5, 5.41) is 10.3. The summed E-state index contributed by atoms with van der Waals surface area (Å²) in [5.41, 5.74) is 0.785. The van der Waals surface area contributed by atoms with Crippen molar-refractivity contribution in [2.45, 2.75) is 64.2 Å². The summed E-state index contributed by atoms with van der Waals surface area (Å²) in [5.74, 6) is -1.54. The number of phenols is 1. The van der Waals surface area contributed by atoms with Crippen LogP contribution in [0.25, 0.3) is 0 Å². The number of aromatic hydroxyl groups is 1. The maximum atomic E-state index is 15.3. The molecule has 2 aliphatic rings. The van der Waals surface area contributed by atoms with E-state index in [1.165, 1.54) is 18.5 Å². The minimum absolute atomic E-state index is 0.357. The smallest absolute Gasteiger partial charge is 0.326 e. The zero-order chi connectivity index (χ0) is 20.7. The third kappa shape index (κ3) is 4.51.